The smallest absolute Gasteiger partial charge is 0.220 e. The number of unbranched alkanes of at least 4 members (excludes halogenated alkanes) is 36. The van der Waals surface area contributed by atoms with E-state index in [-0.39, 0.29) is 18.9 Å². The van der Waals surface area contributed by atoms with E-state index >= 15 is 0 Å². The highest BCUT2D eigenvalue weighted by molar-refractivity contribution is 5.76. The Kier molecular flexibility index (Phi) is 44.8. The van der Waals surface area contributed by atoms with E-state index in [4.69, 9.17) is 18.9 Å². The number of hydrogen-bond acceptors (Lipinski definition) is 13. The maximum absolute atomic E-state index is 13.2. The normalized spacial score (nSPS) is 25.0. The summed E-state index contributed by atoms with van der Waals surface area (Å²) in [5, 5.41) is 86.8. The van der Waals surface area contributed by atoms with Gasteiger partial charge in [-0.2, -0.15) is 0 Å². The number of allylic oxidation sites excluding steroid dienone is 3. The fourth-order valence-corrected chi connectivity index (χ4v) is 10.5. The average Bonchev–Trinajstić information content (AvgIpc) is 3.42. The van der Waals surface area contributed by atoms with Gasteiger partial charge in [0, 0.05) is 6.42 Å². The van der Waals surface area contributed by atoms with Crippen LogP contribution in [-0.2, 0) is 23.7 Å². The summed E-state index contributed by atoms with van der Waals surface area (Å²) >= 11 is 0. The van der Waals surface area contributed by atoms with Gasteiger partial charge in [0.2, 0.25) is 5.91 Å². The number of amides is 1. The van der Waals surface area contributed by atoms with Crippen LogP contribution in [0.15, 0.2) is 24.3 Å². The molecule has 0 radical (unpaired) electrons. The molecule has 2 aliphatic rings. The monoisotopic (exact) mass is 1080 g/mol. The molecule has 0 aliphatic carbocycles. The van der Waals surface area contributed by atoms with Gasteiger partial charge in [0.15, 0.2) is 12.6 Å². The number of carbonyl (C=O) groups is 1. The number of carbonyl (C=O) groups excluding carboxylic acids is 1. The Morgan fingerprint density at radius 2 is 0.842 bits per heavy atom. The third-order valence-corrected chi connectivity index (χ3v) is 15.6. The molecule has 2 aliphatic heterocycles. The zero-order chi connectivity index (χ0) is 55.3. The lowest BCUT2D eigenvalue weighted by Crippen LogP contribution is -2.65. The van der Waals surface area contributed by atoms with Crippen LogP contribution in [0, 0.1) is 0 Å². The number of nitrogens with one attached hydrogen (secondary N) is 1. The van der Waals surface area contributed by atoms with Crippen LogP contribution in [-0.4, -0.2) is 140 Å². The molecule has 12 unspecified atom stereocenters. The van der Waals surface area contributed by atoms with Crippen LogP contribution in [0.3, 0.4) is 0 Å². The standard InChI is InChI=1S/C62H117NO13/c1-3-5-7-9-11-13-14-15-16-17-18-19-20-21-22-23-24-25-26-27-28-29-30-31-32-33-34-35-36-38-40-42-44-46-54(67)63-50(51(66)45-43-41-39-37-12-10-8-6-4-2)49-73-61-59(72)57(70)60(53(48-65)75-61)76-62-58(71)56(69)55(68)52(47-64)74-62/h12,37,43,45,50-53,55-62,64-66,68-72H,3-11,13-36,38-42,44,46-49H2,1-2H3,(H,63,67)/b37-12+,45-43+. The fraction of sp³-hybridized carbons (Fsp3) is 0.919. The summed E-state index contributed by atoms with van der Waals surface area (Å²) in [6.45, 7) is 2.74. The van der Waals surface area contributed by atoms with Gasteiger partial charge in [-0.1, -0.05) is 256 Å². The predicted molar refractivity (Wildman–Crippen MR) is 305 cm³/mol. The van der Waals surface area contributed by atoms with E-state index in [2.05, 4.69) is 31.3 Å². The van der Waals surface area contributed by atoms with Crippen molar-refractivity contribution in [2.75, 3.05) is 19.8 Å². The van der Waals surface area contributed by atoms with Crippen LogP contribution in [0.25, 0.3) is 0 Å². The maximum Gasteiger partial charge on any atom is 0.220 e. The number of ether oxygens (including phenoxy) is 4. The summed E-state index contributed by atoms with van der Waals surface area (Å²) < 4.78 is 22.7. The quantitative estimate of drug-likeness (QED) is 0.0204. The van der Waals surface area contributed by atoms with E-state index in [1.54, 1.807) is 6.08 Å². The van der Waals surface area contributed by atoms with Gasteiger partial charge < -0.3 is 65.1 Å². The van der Waals surface area contributed by atoms with Crippen molar-refractivity contribution in [2.24, 2.45) is 0 Å². The van der Waals surface area contributed by atoms with Crippen molar-refractivity contribution in [3.63, 3.8) is 0 Å². The third-order valence-electron chi connectivity index (χ3n) is 15.6. The van der Waals surface area contributed by atoms with Crippen molar-refractivity contribution >= 4 is 5.91 Å². The molecule has 0 spiro atoms. The number of aliphatic hydroxyl groups is 8. The Bertz CT molecular complexity index is 1370. The molecular formula is C62H117NO13. The Hall–Kier alpha value is -1.53. The highest BCUT2D eigenvalue weighted by Crippen LogP contribution is 2.30. The molecule has 0 aromatic heterocycles. The molecule has 448 valence electrons. The molecule has 0 aromatic carbocycles. The molecule has 0 aromatic rings. The first kappa shape index (κ1) is 70.6. The number of aliphatic hydroxyl groups excluding tert-OH is 8. The van der Waals surface area contributed by atoms with E-state index in [1.807, 2.05) is 6.08 Å². The molecule has 76 heavy (non-hydrogen) atoms. The Morgan fingerprint density at radius 3 is 1.29 bits per heavy atom. The molecule has 1 amide bonds. The van der Waals surface area contributed by atoms with E-state index < -0.39 is 86.8 Å². The molecule has 14 nitrogen and oxygen atoms in total. The van der Waals surface area contributed by atoms with Crippen molar-refractivity contribution in [3.05, 3.63) is 24.3 Å². The van der Waals surface area contributed by atoms with Gasteiger partial charge >= 0.3 is 0 Å². The summed E-state index contributed by atoms with van der Waals surface area (Å²) in [7, 11) is 0. The highest BCUT2D eigenvalue weighted by Gasteiger charge is 2.51. The third kappa shape index (κ3) is 33.3. The lowest BCUT2D eigenvalue weighted by atomic mass is 9.97. The Morgan fingerprint density at radius 1 is 0.461 bits per heavy atom. The summed E-state index contributed by atoms with van der Waals surface area (Å²) in [5.74, 6) is -0.247. The molecule has 0 bridgehead atoms. The second-order valence-corrected chi connectivity index (χ2v) is 22.5. The predicted octanol–water partition coefficient (Wildman–Crippen LogP) is 11.2. The molecule has 2 rings (SSSR count). The van der Waals surface area contributed by atoms with Crippen molar-refractivity contribution in [2.45, 2.75) is 344 Å². The fourth-order valence-electron chi connectivity index (χ4n) is 10.5. The maximum atomic E-state index is 13.2. The molecule has 2 heterocycles. The summed E-state index contributed by atoms with van der Waals surface area (Å²) in [6, 6.07) is -0.926. The summed E-state index contributed by atoms with van der Waals surface area (Å²) in [4.78, 5) is 13.2. The van der Waals surface area contributed by atoms with Crippen LogP contribution in [0.4, 0.5) is 0 Å². The van der Waals surface area contributed by atoms with Gasteiger partial charge in [-0.15, -0.1) is 0 Å². The van der Waals surface area contributed by atoms with Crippen molar-refractivity contribution in [1.82, 2.24) is 5.32 Å². The van der Waals surface area contributed by atoms with Crippen LogP contribution in [0.1, 0.15) is 271 Å². The molecule has 2 saturated heterocycles. The molecule has 0 saturated carbocycles. The van der Waals surface area contributed by atoms with Crippen molar-refractivity contribution in [1.29, 1.82) is 0 Å². The van der Waals surface area contributed by atoms with Crippen molar-refractivity contribution in [3.8, 4) is 0 Å². The topological polar surface area (TPSA) is 228 Å². The second kappa shape index (κ2) is 48.2. The summed E-state index contributed by atoms with van der Waals surface area (Å²) in [6.07, 6.45) is 41.4. The minimum Gasteiger partial charge on any atom is -0.394 e. The number of rotatable bonds is 51. The molecule has 12 atom stereocenters. The minimum absolute atomic E-state index is 0.247. The van der Waals surface area contributed by atoms with Gasteiger partial charge in [0.05, 0.1) is 32.0 Å². The van der Waals surface area contributed by atoms with Crippen molar-refractivity contribution < 1.29 is 64.6 Å². The van der Waals surface area contributed by atoms with E-state index in [0.717, 1.165) is 38.5 Å². The van der Waals surface area contributed by atoms with Crippen LogP contribution in [0.5, 0.6) is 0 Å². The average molecular weight is 1080 g/mol. The Labute approximate surface area is 462 Å². The first-order valence-corrected chi connectivity index (χ1v) is 31.6. The van der Waals surface area contributed by atoms with Crippen LogP contribution < -0.4 is 5.32 Å². The SMILES string of the molecule is CCCCC/C=C/CC/C=C/C(O)C(COC1OC(CO)C(OC2OC(CO)C(O)C(O)C2O)C(O)C1O)NC(=O)CCCCCCCCCCCCCCCCCCCCCCCCCCCCCCCCCCC. The van der Waals surface area contributed by atoms with E-state index in [0.29, 0.717) is 12.8 Å². The minimum atomic E-state index is -1.79. The largest absolute Gasteiger partial charge is 0.394 e. The highest BCUT2D eigenvalue weighted by atomic mass is 16.7. The lowest BCUT2D eigenvalue weighted by molar-refractivity contribution is -0.359. The van der Waals surface area contributed by atoms with Gasteiger partial charge in [0.1, 0.15) is 48.8 Å². The second-order valence-electron chi connectivity index (χ2n) is 22.5. The van der Waals surface area contributed by atoms with Crippen LogP contribution in [0.2, 0.25) is 0 Å². The summed E-state index contributed by atoms with van der Waals surface area (Å²) in [5.41, 5.74) is 0. The first-order chi connectivity index (χ1) is 37.1. The van der Waals surface area contributed by atoms with E-state index in [9.17, 15) is 45.6 Å². The van der Waals surface area contributed by atoms with Gasteiger partial charge in [-0.3, -0.25) is 4.79 Å². The van der Waals surface area contributed by atoms with Gasteiger partial charge in [-0.25, -0.2) is 0 Å². The number of hydrogen-bond donors (Lipinski definition) is 9. The lowest BCUT2D eigenvalue weighted by Gasteiger charge is -2.46. The molecular weight excluding hydrogens is 967 g/mol. The zero-order valence-corrected chi connectivity index (χ0v) is 48.3. The molecule has 9 N–H and O–H groups in total. The van der Waals surface area contributed by atoms with Gasteiger partial charge in [-0.05, 0) is 32.1 Å². The molecule has 2 fully saturated rings. The van der Waals surface area contributed by atoms with Gasteiger partial charge in [0.25, 0.3) is 0 Å². The zero-order valence-electron chi connectivity index (χ0n) is 48.3. The van der Waals surface area contributed by atoms with Crippen LogP contribution >= 0.6 is 0 Å². The Balaban J connectivity index is 1.57. The molecule has 14 heteroatoms. The first-order valence-electron chi connectivity index (χ1n) is 31.6. The van der Waals surface area contributed by atoms with E-state index in [1.165, 1.54) is 199 Å².